The Kier molecular flexibility index (Phi) is 7.72. The summed E-state index contributed by atoms with van der Waals surface area (Å²) in [6.45, 7) is -0.216. The minimum absolute atomic E-state index is 0.0427. The number of ketones is 1. The fourth-order valence-electron chi connectivity index (χ4n) is 4.75. The van der Waals surface area contributed by atoms with Gasteiger partial charge < -0.3 is 9.88 Å². The molecule has 1 aliphatic rings. The van der Waals surface area contributed by atoms with E-state index in [0.29, 0.717) is 12.8 Å². The third-order valence-corrected chi connectivity index (χ3v) is 6.76. The first-order chi connectivity index (χ1) is 19.3. The lowest BCUT2D eigenvalue weighted by Crippen LogP contribution is -2.26. The lowest BCUT2D eigenvalue weighted by atomic mass is 9.93. The number of fused-ring (bicyclic) bond motifs is 1. The van der Waals surface area contributed by atoms with Crippen molar-refractivity contribution in [3.05, 3.63) is 135 Å². The van der Waals surface area contributed by atoms with Crippen LogP contribution in [0.15, 0.2) is 84.1 Å². The summed E-state index contributed by atoms with van der Waals surface area (Å²) in [4.78, 5) is 42.2. The van der Waals surface area contributed by atoms with Gasteiger partial charge in [-0.05, 0) is 71.5 Å². The summed E-state index contributed by atoms with van der Waals surface area (Å²) < 4.78 is 41.5. The third-order valence-electron chi connectivity index (χ3n) is 6.76. The number of rotatable bonds is 9. The van der Waals surface area contributed by atoms with Crippen LogP contribution in [0.3, 0.4) is 0 Å². The first kappa shape index (κ1) is 26.8. The number of nitrogens with zero attached hydrogens (tertiary/aromatic N) is 2. The molecule has 0 aliphatic carbocycles. The summed E-state index contributed by atoms with van der Waals surface area (Å²) in [6.07, 6.45) is 9.50. The summed E-state index contributed by atoms with van der Waals surface area (Å²) in [5.74, 6) is -5.00. The Balaban J connectivity index is 1.21. The number of amides is 1. The molecule has 2 aromatic carbocycles. The second-order valence-corrected chi connectivity index (χ2v) is 9.55. The Morgan fingerprint density at radius 3 is 2.55 bits per heavy atom. The van der Waals surface area contributed by atoms with Crippen LogP contribution in [0.25, 0.3) is 6.08 Å². The van der Waals surface area contributed by atoms with Gasteiger partial charge in [0.25, 0.3) is 5.56 Å². The molecule has 0 saturated heterocycles. The molecule has 0 radical (unpaired) electrons. The van der Waals surface area contributed by atoms with Crippen molar-refractivity contribution in [3.8, 4) is 0 Å². The maximum absolute atomic E-state index is 13.5. The van der Waals surface area contributed by atoms with E-state index < -0.39 is 23.0 Å². The van der Waals surface area contributed by atoms with Gasteiger partial charge in [-0.25, -0.2) is 13.2 Å². The molecular weight excluding hydrogens is 519 g/mol. The van der Waals surface area contributed by atoms with E-state index in [1.54, 1.807) is 12.4 Å². The Hall–Kier alpha value is -4.79. The van der Waals surface area contributed by atoms with Gasteiger partial charge in [0, 0.05) is 30.7 Å². The molecule has 1 amide bonds. The van der Waals surface area contributed by atoms with Gasteiger partial charge in [-0.2, -0.15) is 0 Å². The molecule has 3 heterocycles. The standard InChI is InChI=1S/C31H24F3N3O3/c32-25-14-21(15-26(33)29(25)34)18-37-12-4-7-23(31(37)40)28(38)8-2-1-5-19-9-10-22-24(30(39)36-27(22)16-19)13-20-6-3-11-35-17-20/h1,3-7,9-12,14-17,24H,2,8,13,18H2,(H,36,39)/b5-1+. The number of hydrogen-bond donors (Lipinski definition) is 1. The highest BCUT2D eigenvalue weighted by atomic mass is 19.2. The molecule has 4 aromatic rings. The highest BCUT2D eigenvalue weighted by Gasteiger charge is 2.30. The van der Waals surface area contributed by atoms with Gasteiger partial charge in [0.05, 0.1) is 18.0 Å². The molecule has 40 heavy (non-hydrogen) atoms. The summed E-state index contributed by atoms with van der Waals surface area (Å²) >= 11 is 0. The maximum atomic E-state index is 13.5. The smallest absolute Gasteiger partial charge is 0.261 e. The molecular formula is C31H24F3N3O3. The van der Waals surface area contributed by atoms with E-state index in [2.05, 4.69) is 10.3 Å². The van der Waals surface area contributed by atoms with E-state index >= 15 is 0 Å². The Labute approximate surface area is 227 Å². The van der Waals surface area contributed by atoms with E-state index in [-0.39, 0.29) is 41.7 Å². The van der Waals surface area contributed by atoms with Crippen LogP contribution in [0.1, 0.15) is 51.4 Å². The highest BCUT2D eigenvalue weighted by Crippen LogP contribution is 2.35. The molecule has 0 bridgehead atoms. The van der Waals surface area contributed by atoms with Gasteiger partial charge in [0.2, 0.25) is 5.91 Å². The predicted molar refractivity (Wildman–Crippen MR) is 144 cm³/mol. The zero-order valence-corrected chi connectivity index (χ0v) is 21.2. The Bertz CT molecular complexity index is 1660. The van der Waals surface area contributed by atoms with Crippen LogP contribution in [0.2, 0.25) is 0 Å². The van der Waals surface area contributed by atoms with Gasteiger partial charge in [-0.15, -0.1) is 0 Å². The van der Waals surface area contributed by atoms with Gasteiger partial charge in [-0.1, -0.05) is 30.4 Å². The number of carbonyl (C=O) groups excluding carboxylic acids is 2. The number of Topliss-reactive ketones (excluding diaryl/α,β-unsaturated/α-hetero) is 1. The van der Waals surface area contributed by atoms with Crippen molar-refractivity contribution in [2.45, 2.75) is 31.7 Å². The SMILES string of the molecule is O=C(CC/C=C/c1ccc2c(c1)NC(=O)C2Cc1cccnc1)c1cccn(Cc2cc(F)c(F)c(F)c2)c1=O. The van der Waals surface area contributed by atoms with Gasteiger partial charge in [0.1, 0.15) is 0 Å². The van der Waals surface area contributed by atoms with Gasteiger partial charge in [-0.3, -0.25) is 19.4 Å². The van der Waals surface area contributed by atoms with E-state index in [1.165, 1.54) is 18.3 Å². The topological polar surface area (TPSA) is 81.1 Å². The van der Waals surface area contributed by atoms with Crippen molar-refractivity contribution in [2.24, 2.45) is 0 Å². The third kappa shape index (κ3) is 5.78. The largest absolute Gasteiger partial charge is 0.325 e. The van der Waals surface area contributed by atoms with E-state index in [0.717, 1.165) is 39.1 Å². The van der Waals surface area contributed by atoms with Crippen LogP contribution in [-0.2, 0) is 17.8 Å². The van der Waals surface area contributed by atoms with Crippen LogP contribution in [0.5, 0.6) is 0 Å². The normalized spacial score (nSPS) is 14.4. The zero-order valence-electron chi connectivity index (χ0n) is 21.2. The van der Waals surface area contributed by atoms with E-state index in [4.69, 9.17) is 0 Å². The molecule has 0 fully saturated rings. The molecule has 202 valence electrons. The van der Waals surface area contributed by atoms with Gasteiger partial charge >= 0.3 is 0 Å². The summed E-state index contributed by atoms with van der Waals surface area (Å²) in [5, 5.41) is 2.93. The van der Waals surface area contributed by atoms with Crippen molar-refractivity contribution in [1.82, 2.24) is 9.55 Å². The van der Waals surface area contributed by atoms with Gasteiger partial charge in [0.15, 0.2) is 23.2 Å². The lowest BCUT2D eigenvalue weighted by Gasteiger charge is -2.09. The Morgan fingerprint density at radius 1 is 1.00 bits per heavy atom. The molecule has 5 rings (SSSR count). The van der Waals surface area contributed by atoms with Crippen molar-refractivity contribution >= 4 is 23.5 Å². The molecule has 6 nitrogen and oxygen atoms in total. The minimum atomic E-state index is -1.58. The quantitative estimate of drug-likeness (QED) is 0.218. The monoisotopic (exact) mass is 543 g/mol. The van der Waals surface area contributed by atoms with Crippen LogP contribution < -0.4 is 10.9 Å². The van der Waals surface area contributed by atoms with Crippen LogP contribution in [-0.4, -0.2) is 21.2 Å². The highest BCUT2D eigenvalue weighted by molar-refractivity contribution is 6.03. The van der Waals surface area contributed by atoms with Crippen molar-refractivity contribution < 1.29 is 22.8 Å². The van der Waals surface area contributed by atoms with Crippen molar-refractivity contribution in [3.63, 3.8) is 0 Å². The summed E-state index contributed by atoms with van der Waals surface area (Å²) in [5.41, 5.74) is 2.92. The average Bonchev–Trinajstić information content (AvgIpc) is 3.25. The molecule has 2 aromatic heterocycles. The maximum Gasteiger partial charge on any atom is 0.261 e. The first-order valence-corrected chi connectivity index (χ1v) is 12.7. The van der Waals surface area contributed by atoms with Crippen molar-refractivity contribution in [2.75, 3.05) is 5.32 Å². The zero-order chi connectivity index (χ0) is 28.2. The molecule has 1 aliphatic heterocycles. The fraction of sp³-hybridized carbons (Fsp3) is 0.161. The fourth-order valence-corrected chi connectivity index (χ4v) is 4.75. The number of hydrogen-bond acceptors (Lipinski definition) is 4. The van der Waals surface area contributed by atoms with E-state index in [1.807, 2.05) is 42.5 Å². The van der Waals surface area contributed by atoms with Crippen LogP contribution >= 0.6 is 0 Å². The minimum Gasteiger partial charge on any atom is -0.325 e. The number of anilines is 1. The second-order valence-electron chi connectivity index (χ2n) is 9.55. The molecule has 1 N–H and O–H groups in total. The number of carbonyl (C=O) groups is 2. The average molecular weight is 544 g/mol. The number of nitrogens with one attached hydrogen (secondary N) is 1. The Morgan fingerprint density at radius 2 is 1.80 bits per heavy atom. The lowest BCUT2D eigenvalue weighted by molar-refractivity contribution is -0.117. The molecule has 1 unspecified atom stereocenters. The molecule has 1 atom stereocenters. The molecule has 0 saturated carbocycles. The second kappa shape index (κ2) is 11.5. The number of halogens is 3. The summed E-state index contributed by atoms with van der Waals surface area (Å²) in [6, 6.07) is 14.0. The molecule has 0 spiro atoms. The van der Waals surface area contributed by atoms with Crippen LogP contribution in [0.4, 0.5) is 18.9 Å². The number of allylic oxidation sites excluding steroid dienone is 1. The van der Waals surface area contributed by atoms with E-state index in [9.17, 15) is 27.6 Å². The van der Waals surface area contributed by atoms with Crippen LogP contribution in [0, 0.1) is 17.5 Å². The predicted octanol–water partition coefficient (Wildman–Crippen LogP) is 5.66. The van der Waals surface area contributed by atoms with Crippen molar-refractivity contribution in [1.29, 1.82) is 0 Å². The number of pyridine rings is 2. The number of benzene rings is 2. The number of aromatic nitrogens is 2. The summed E-state index contributed by atoms with van der Waals surface area (Å²) in [7, 11) is 0. The first-order valence-electron chi connectivity index (χ1n) is 12.7. The molecule has 9 heteroatoms.